The summed E-state index contributed by atoms with van der Waals surface area (Å²) < 4.78 is 35.3. The van der Waals surface area contributed by atoms with Crippen molar-refractivity contribution in [2.24, 2.45) is 0 Å². The largest absolute Gasteiger partial charge is 0.486 e. The van der Waals surface area contributed by atoms with Crippen LogP contribution < -0.4 is 19.9 Å². The smallest absolute Gasteiger partial charge is 0.223 e. The number of hydrogen-bond donors (Lipinski definition) is 1. The first-order chi connectivity index (χ1) is 16.3. The molecule has 6 nitrogen and oxygen atoms in total. The molecule has 2 aromatic carbocycles. The average Bonchev–Trinajstić information content (AvgIpc) is 3.21. The Balaban J connectivity index is 1.42. The maximum atomic E-state index is 14.9. The number of rotatable bonds is 5. The van der Waals surface area contributed by atoms with Crippen LogP contribution >= 0.6 is 0 Å². The Labute approximate surface area is 198 Å². The molecule has 1 atom stereocenters. The van der Waals surface area contributed by atoms with Crippen LogP contribution in [0.1, 0.15) is 25.0 Å². The lowest BCUT2D eigenvalue weighted by Gasteiger charge is -2.34. The van der Waals surface area contributed by atoms with Crippen molar-refractivity contribution in [3.8, 4) is 17.0 Å². The zero-order valence-electron chi connectivity index (χ0n) is 19.9. The van der Waals surface area contributed by atoms with Crippen LogP contribution in [0.25, 0.3) is 11.3 Å². The molecule has 34 heavy (non-hydrogen) atoms. The molecule has 2 heterocycles. The number of ether oxygens (including phenoxy) is 1. The molecule has 5 rings (SSSR count). The molecule has 1 unspecified atom stereocenters. The van der Waals surface area contributed by atoms with Gasteiger partial charge in [-0.05, 0) is 62.1 Å². The molecule has 1 aromatic heterocycles. The minimum absolute atomic E-state index is 0.0684. The molecule has 0 saturated heterocycles. The summed E-state index contributed by atoms with van der Waals surface area (Å²) in [6.45, 7) is 5.13. The second-order valence-electron chi connectivity index (χ2n) is 9.43. The van der Waals surface area contributed by atoms with Gasteiger partial charge in [-0.25, -0.2) is 18.7 Å². The summed E-state index contributed by atoms with van der Waals surface area (Å²) in [5, 5.41) is 3.35. The maximum absolute atomic E-state index is 14.9. The zero-order valence-corrected chi connectivity index (χ0v) is 19.9. The molecule has 0 bridgehead atoms. The highest BCUT2D eigenvalue weighted by Gasteiger charge is 2.26. The van der Waals surface area contributed by atoms with Crippen LogP contribution in [0, 0.1) is 11.6 Å². The van der Waals surface area contributed by atoms with Gasteiger partial charge in [0.1, 0.15) is 12.3 Å². The SMILES string of the molecule is CC(C)N1CCOc2c(F)cc(-c3nc(NC4Cc5ccc(N(C)C)cc5C4)ncc3F)cc21. The molecule has 3 aromatic rings. The van der Waals surface area contributed by atoms with Crippen molar-refractivity contribution in [1.82, 2.24) is 9.97 Å². The predicted octanol–water partition coefficient (Wildman–Crippen LogP) is 4.67. The normalized spacial score (nSPS) is 16.8. The molecular formula is C26H29F2N5O. The highest BCUT2D eigenvalue weighted by molar-refractivity contribution is 5.73. The van der Waals surface area contributed by atoms with E-state index < -0.39 is 11.6 Å². The Hall–Kier alpha value is -3.42. The van der Waals surface area contributed by atoms with Crippen molar-refractivity contribution in [3.05, 3.63) is 59.3 Å². The number of benzene rings is 2. The summed E-state index contributed by atoms with van der Waals surface area (Å²) in [6, 6.07) is 9.77. The van der Waals surface area contributed by atoms with Crippen molar-refractivity contribution in [2.45, 2.75) is 38.8 Å². The molecule has 178 valence electrons. The highest BCUT2D eigenvalue weighted by Crippen LogP contribution is 2.39. The first-order valence-electron chi connectivity index (χ1n) is 11.6. The van der Waals surface area contributed by atoms with Crippen molar-refractivity contribution >= 4 is 17.3 Å². The third-order valence-electron chi connectivity index (χ3n) is 6.53. The molecule has 1 N–H and O–H groups in total. The van der Waals surface area contributed by atoms with Crippen LogP contribution in [0.5, 0.6) is 5.75 Å². The quantitative estimate of drug-likeness (QED) is 0.591. The van der Waals surface area contributed by atoms with E-state index in [4.69, 9.17) is 4.74 Å². The van der Waals surface area contributed by atoms with Crippen LogP contribution in [0.2, 0.25) is 0 Å². The summed E-state index contributed by atoms with van der Waals surface area (Å²) in [5.74, 6) is -0.578. The van der Waals surface area contributed by atoms with Crippen molar-refractivity contribution < 1.29 is 13.5 Å². The summed E-state index contributed by atoms with van der Waals surface area (Å²) in [7, 11) is 4.05. The van der Waals surface area contributed by atoms with E-state index in [9.17, 15) is 8.78 Å². The van der Waals surface area contributed by atoms with Crippen LogP contribution in [-0.4, -0.2) is 49.3 Å². The molecular weight excluding hydrogens is 436 g/mol. The third kappa shape index (κ3) is 4.13. The minimum Gasteiger partial charge on any atom is -0.486 e. The molecule has 0 amide bonds. The number of anilines is 3. The third-order valence-corrected chi connectivity index (χ3v) is 6.53. The summed E-state index contributed by atoms with van der Waals surface area (Å²) >= 11 is 0. The molecule has 8 heteroatoms. The van der Waals surface area contributed by atoms with Gasteiger partial charge in [0, 0.05) is 37.4 Å². The van der Waals surface area contributed by atoms with Gasteiger partial charge in [0.2, 0.25) is 5.95 Å². The Kier molecular flexibility index (Phi) is 5.75. The molecule has 0 spiro atoms. The van der Waals surface area contributed by atoms with E-state index in [0.717, 1.165) is 24.7 Å². The van der Waals surface area contributed by atoms with Gasteiger partial charge >= 0.3 is 0 Å². The topological polar surface area (TPSA) is 53.5 Å². The summed E-state index contributed by atoms with van der Waals surface area (Å²) in [4.78, 5) is 12.7. The van der Waals surface area contributed by atoms with E-state index in [2.05, 4.69) is 43.3 Å². The first kappa shape index (κ1) is 22.4. The van der Waals surface area contributed by atoms with Crippen molar-refractivity contribution in [3.63, 3.8) is 0 Å². The van der Waals surface area contributed by atoms with E-state index in [0.29, 0.717) is 30.4 Å². The summed E-state index contributed by atoms with van der Waals surface area (Å²) in [5.41, 5.74) is 4.78. The van der Waals surface area contributed by atoms with E-state index in [1.54, 1.807) is 6.07 Å². The fourth-order valence-electron chi connectivity index (χ4n) is 4.78. The fraction of sp³-hybridized carbons (Fsp3) is 0.385. The zero-order chi connectivity index (χ0) is 24.0. The van der Waals surface area contributed by atoms with Gasteiger partial charge in [-0.15, -0.1) is 0 Å². The number of fused-ring (bicyclic) bond motifs is 2. The van der Waals surface area contributed by atoms with Gasteiger partial charge in [0.05, 0.1) is 18.4 Å². The Morgan fingerprint density at radius 2 is 1.88 bits per heavy atom. The predicted molar refractivity (Wildman–Crippen MR) is 131 cm³/mol. The Morgan fingerprint density at radius 1 is 1.09 bits per heavy atom. The van der Waals surface area contributed by atoms with E-state index in [1.807, 2.05) is 27.9 Å². The Morgan fingerprint density at radius 3 is 2.65 bits per heavy atom. The van der Waals surface area contributed by atoms with Gasteiger partial charge in [-0.2, -0.15) is 0 Å². The van der Waals surface area contributed by atoms with Gasteiger partial charge in [-0.1, -0.05) is 6.07 Å². The molecule has 0 saturated carbocycles. The van der Waals surface area contributed by atoms with E-state index in [-0.39, 0.29) is 23.5 Å². The lowest BCUT2D eigenvalue weighted by atomic mass is 10.1. The van der Waals surface area contributed by atoms with E-state index in [1.165, 1.54) is 17.2 Å². The Bertz CT molecular complexity index is 1230. The van der Waals surface area contributed by atoms with Gasteiger partial charge < -0.3 is 19.9 Å². The fourth-order valence-corrected chi connectivity index (χ4v) is 4.78. The average molecular weight is 466 g/mol. The van der Waals surface area contributed by atoms with Crippen molar-refractivity contribution in [1.29, 1.82) is 0 Å². The van der Waals surface area contributed by atoms with Crippen LogP contribution in [0.4, 0.5) is 26.1 Å². The monoisotopic (exact) mass is 465 g/mol. The van der Waals surface area contributed by atoms with Crippen LogP contribution in [0.3, 0.4) is 0 Å². The van der Waals surface area contributed by atoms with Crippen molar-refractivity contribution in [2.75, 3.05) is 42.4 Å². The van der Waals surface area contributed by atoms with Gasteiger partial charge in [0.15, 0.2) is 17.4 Å². The molecule has 1 aliphatic heterocycles. The molecule has 0 fully saturated rings. The molecule has 1 aliphatic carbocycles. The van der Waals surface area contributed by atoms with Gasteiger partial charge in [0.25, 0.3) is 0 Å². The minimum atomic E-state index is -0.594. The molecule has 0 radical (unpaired) electrons. The van der Waals surface area contributed by atoms with Gasteiger partial charge in [-0.3, -0.25) is 0 Å². The standard InChI is InChI=1S/C26H29F2N5O/c1-15(2)33-7-8-34-25-21(27)12-18(13-23(25)33)24-22(28)14-29-26(31-24)30-19-9-16-5-6-20(32(3)4)11-17(16)10-19/h5-6,11-15,19H,7-10H2,1-4H3,(H,29,30,31). The van der Waals surface area contributed by atoms with Crippen LogP contribution in [0.15, 0.2) is 36.5 Å². The number of halogens is 2. The first-order valence-corrected chi connectivity index (χ1v) is 11.6. The number of nitrogens with one attached hydrogen (secondary N) is 1. The molecule has 2 aliphatic rings. The van der Waals surface area contributed by atoms with E-state index >= 15 is 0 Å². The summed E-state index contributed by atoms with van der Waals surface area (Å²) in [6.07, 6.45) is 2.82. The second kappa shape index (κ2) is 8.74. The highest BCUT2D eigenvalue weighted by atomic mass is 19.1. The number of hydrogen-bond acceptors (Lipinski definition) is 6. The lowest BCUT2D eigenvalue weighted by molar-refractivity contribution is 0.287. The number of aromatic nitrogens is 2. The lowest BCUT2D eigenvalue weighted by Crippen LogP contribution is -2.38. The number of nitrogens with zero attached hydrogens (tertiary/aromatic N) is 4. The maximum Gasteiger partial charge on any atom is 0.223 e. The second-order valence-corrected chi connectivity index (χ2v) is 9.43. The van der Waals surface area contributed by atoms with Crippen LogP contribution in [-0.2, 0) is 12.8 Å².